The summed E-state index contributed by atoms with van der Waals surface area (Å²) in [5.74, 6) is -2.28. The molecule has 0 bridgehead atoms. The van der Waals surface area contributed by atoms with Crippen molar-refractivity contribution in [3.63, 3.8) is 0 Å². The van der Waals surface area contributed by atoms with Crippen molar-refractivity contribution in [2.75, 3.05) is 12.3 Å². The second kappa shape index (κ2) is 7.03. The molecule has 0 spiro atoms. The Hall–Kier alpha value is -1.91. The van der Waals surface area contributed by atoms with E-state index in [1.54, 1.807) is 24.3 Å². The van der Waals surface area contributed by atoms with Gasteiger partial charge in [0, 0.05) is 13.1 Å². The molecule has 1 aromatic rings. The molecule has 20 heavy (non-hydrogen) atoms. The van der Waals surface area contributed by atoms with Crippen molar-refractivity contribution >= 4 is 16.0 Å². The Morgan fingerprint density at radius 3 is 2.40 bits per heavy atom. The molecule has 0 radical (unpaired) electrons. The first-order valence-corrected chi connectivity index (χ1v) is 7.68. The zero-order valence-electron chi connectivity index (χ0n) is 11.1. The van der Waals surface area contributed by atoms with Crippen LogP contribution in [0.3, 0.4) is 0 Å². The molecule has 0 saturated carbocycles. The van der Waals surface area contributed by atoms with Crippen molar-refractivity contribution in [2.24, 2.45) is 0 Å². The summed E-state index contributed by atoms with van der Waals surface area (Å²) < 4.78 is 25.1. The number of carboxylic acids is 1. The van der Waals surface area contributed by atoms with Crippen LogP contribution in [0.25, 0.3) is 0 Å². The number of rotatable bonds is 7. The van der Waals surface area contributed by atoms with Crippen LogP contribution in [0.2, 0.25) is 0 Å². The van der Waals surface area contributed by atoms with E-state index in [4.69, 9.17) is 10.4 Å². The number of nitriles is 1. The van der Waals surface area contributed by atoms with Gasteiger partial charge in [0.2, 0.25) is 10.0 Å². The number of hydrogen-bond donors (Lipinski definition) is 1. The van der Waals surface area contributed by atoms with Crippen LogP contribution in [0.5, 0.6) is 0 Å². The van der Waals surface area contributed by atoms with Gasteiger partial charge in [-0.05, 0) is 24.1 Å². The van der Waals surface area contributed by atoms with Gasteiger partial charge in [0.25, 0.3) is 0 Å². The number of carboxylic acid groups (broad SMARTS) is 1. The van der Waals surface area contributed by atoms with Crippen molar-refractivity contribution in [1.82, 2.24) is 4.31 Å². The van der Waals surface area contributed by atoms with E-state index in [1.165, 1.54) is 0 Å². The fraction of sp³-hybridized carbons (Fsp3) is 0.385. The summed E-state index contributed by atoms with van der Waals surface area (Å²) in [6.45, 7) is 2.19. The van der Waals surface area contributed by atoms with Crippen molar-refractivity contribution in [3.8, 4) is 6.07 Å². The summed E-state index contributed by atoms with van der Waals surface area (Å²) in [5, 5.41) is 17.4. The third kappa shape index (κ3) is 4.64. The van der Waals surface area contributed by atoms with E-state index in [2.05, 4.69) is 0 Å². The van der Waals surface area contributed by atoms with Gasteiger partial charge in [-0.2, -0.15) is 9.57 Å². The molecule has 0 unspecified atom stereocenters. The zero-order valence-corrected chi connectivity index (χ0v) is 11.9. The second-order valence-electron chi connectivity index (χ2n) is 4.29. The fourth-order valence-electron chi connectivity index (χ4n) is 1.70. The van der Waals surface area contributed by atoms with E-state index in [1.807, 2.05) is 13.0 Å². The van der Waals surface area contributed by atoms with E-state index >= 15 is 0 Å². The van der Waals surface area contributed by atoms with E-state index in [9.17, 15) is 13.2 Å². The van der Waals surface area contributed by atoms with E-state index in [0.717, 1.165) is 4.31 Å². The lowest BCUT2D eigenvalue weighted by molar-refractivity contribution is -0.134. The number of nitrogens with zero attached hydrogens (tertiary/aromatic N) is 2. The molecule has 0 saturated heterocycles. The third-order valence-corrected chi connectivity index (χ3v) is 4.32. The molecule has 7 heteroatoms. The maximum absolute atomic E-state index is 12.0. The molecular weight excluding hydrogens is 280 g/mol. The predicted octanol–water partition coefficient (Wildman–Crippen LogP) is 1.18. The quantitative estimate of drug-likeness (QED) is 0.814. The highest BCUT2D eigenvalue weighted by atomic mass is 32.2. The summed E-state index contributed by atoms with van der Waals surface area (Å²) in [6, 6.07) is 8.51. The van der Waals surface area contributed by atoms with Crippen molar-refractivity contribution in [1.29, 1.82) is 5.26 Å². The molecular formula is C13H16N2O4S. The number of carbonyl (C=O) groups is 1. The highest BCUT2D eigenvalue weighted by molar-refractivity contribution is 7.89. The number of aliphatic carboxylic acids is 1. The molecule has 1 aromatic carbocycles. The van der Waals surface area contributed by atoms with Gasteiger partial charge in [-0.3, -0.25) is 4.79 Å². The maximum Gasteiger partial charge on any atom is 0.320 e. The second-order valence-corrected chi connectivity index (χ2v) is 6.26. The Bertz CT molecular complexity index is 602. The first kappa shape index (κ1) is 16.1. The Labute approximate surface area is 118 Å². The lowest BCUT2D eigenvalue weighted by atomic mass is 10.1. The molecule has 0 heterocycles. The molecule has 108 valence electrons. The molecule has 0 aromatic heterocycles. The summed E-state index contributed by atoms with van der Waals surface area (Å²) in [4.78, 5) is 10.6. The van der Waals surface area contributed by atoms with Crippen LogP contribution >= 0.6 is 0 Å². The molecule has 0 amide bonds. The zero-order chi connectivity index (χ0) is 15.2. The first-order chi connectivity index (χ1) is 9.39. The standard InChI is InChI=1S/C13H16N2O4S/c1-2-7-15(20(18,19)10-13(16)17)9-12-5-3-11(8-14)4-6-12/h3-6H,2,7,9-10H2,1H3,(H,16,17). The monoisotopic (exact) mass is 296 g/mol. The largest absolute Gasteiger partial charge is 0.480 e. The minimum Gasteiger partial charge on any atom is -0.480 e. The van der Waals surface area contributed by atoms with Gasteiger partial charge in [0.1, 0.15) is 0 Å². The summed E-state index contributed by atoms with van der Waals surface area (Å²) >= 11 is 0. The van der Waals surface area contributed by atoms with Gasteiger partial charge in [0.15, 0.2) is 5.75 Å². The molecule has 0 aliphatic rings. The minimum absolute atomic E-state index is 0.106. The van der Waals surface area contributed by atoms with Crippen LogP contribution in [0, 0.1) is 11.3 Å². The van der Waals surface area contributed by atoms with Crippen LogP contribution in [0.15, 0.2) is 24.3 Å². The Balaban J connectivity index is 2.91. The Kier molecular flexibility index (Phi) is 5.67. The number of hydrogen-bond acceptors (Lipinski definition) is 4. The number of benzene rings is 1. The van der Waals surface area contributed by atoms with E-state index < -0.39 is 21.7 Å². The summed E-state index contributed by atoms with van der Waals surface area (Å²) in [7, 11) is -3.83. The molecule has 1 N–H and O–H groups in total. The lowest BCUT2D eigenvalue weighted by Gasteiger charge is -2.20. The molecule has 1 rings (SSSR count). The van der Waals surface area contributed by atoms with Crippen LogP contribution in [0.4, 0.5) is 0 Å². The maximum atomic E-state index is 12.0. The average Bonchev–Trinajstić information content (AvgIpc) is 2.37. The third-order valence-electron chi connectivity index (χ3n) is 2.61. The molecule has 0 fully saturated rings. The minimum atomic E-state index is -3.83. The Morgan fingerprint density at radius 2 is 1.95 bits per heavy atom. The van der Waals surface area contributed by atoms with Gasteiger partial charge >= 0.3 is 5.97 Å². The summed E-state index contributed by atoms with van der Waals surface area (Å²) in [6.07, 6.45) is 0.592. The topological polar surface area (TPSA) is 98.5 Å². The van der Waals surface area contributed by atoms with Crippen LogP contribution in [-0.2, 0) is 21.4 Å². The molecule has 0 atom stereocenters. The fourth-order valence-corrected chi connectivity index (χ4v) is 3.00. The van der Waals surface area contributed by atoms with E-state index in [-0.39, 0.29) is 13.1 Å². The molecule has 0 aliphatic carbocycles. The smallest absolute Gasteiger partial charge is 0.320 e. The highest BCUT2D eigenvalue weighted by Crippen LogP contribution is 2.12. The van der Waals surface area contributed by atoms with Gasteiger partial charge in [-0.15, -0.1) is 0 Å². The van der Waals surface area contributed by atoms with E-state index in [0.29, 0.717) is 17.5 Å². The first-order valence-electron chi connectivity index (χ1n) is 6.07. The summed E-state index contributed by atoms with van der Waals surface area (Å²) in [5.41, 5.74) is 1.20. The number of sulfonamides is 1. The van der Waals surface area contributed by atoms with Gasteiger partial charge in [-0.1, -0.05) is 19.1 Å². The average molecular weight is 296 g/mol. The van der Waals surface area contributed by atoms with Crippen LogP contribution < -0.4 is 0 Å². The normalized spacial score (nSPS) is 11.2. The van der Waals surface area contributed by atoms with Gasteiger partial charge in [0.05, 0.1) is 11.6 Å². The van der Waals surface area contributed by atoms with Crippen molar-refractivity contribution in [3.05, 3.63) is 35.4 Å². The van der Waals surface area contributed by atoms with Gasteiger partial charge < -0.3 is 5.11 Å². The van der Waals surface area contributed by atoms with Crippen LogP contribution in [0.1, 0.15) is 24.5 Å². The van der Waals surface area contributed by atoms with Gasteiger partial charge in [-0.25, -0.2) is 8.42 Å². The lowest BCUT2D eigenvalue weighted by Crippen LogP contribution is -2.35. The Morgan fingerprint density at radius 1 is 1.35 bits per heavy atom. The molecule has 0 aliphatic heterocycles. The van der Waals surface area contributed by atoms with Crippen molar-refractivity contribution < 1.29 is 18.3 Å². The molecule has 6 nitrogen and oxygen atoms in total. The SMILES string of the molecule is CCCN(Cc1ccc(C#N)cc1)S(=O)(=O)CC(=O)O. The van der Waals surface area contributed by atoms with Crippen molar-refractivity contribution in [2.45, 2.75) is 19.9 Å². The van der Waals surface area contributed by atoms with Crippen LogP contribution in [-0.4, -0.2) is 36.1 Å². The highest BCUT2D eigenvalue weighted by Gasteiger charge is 2.24. The predicted molar refractivity (Wildman–Crippen MR) is 73.3 cm³/mol.